The van der Waals surface area contributed by atoms with Gasteiger partial charge in [-0.1, -0.05) is 18.8 Å². The minimum absolute atomic E-state index is 0.0165. The number of thioether (sulfide) groups is 1. The molecule has 0 aromatic heterocycles. The molecule has 1 aliphatic rings. The van der Waals surface area contributed by atoms with Crippen LogP contribution in [0.15, 0.2) is 0 Å². The molecule has 0 bridgehead atoms. The van der Waals surface area contributed by atoms with E-state index in [1.807, 2.05) is 18.7 Å². The molecular formula is C13H22N2OS. The highest BCUT2D eigenvalue weighted by Crippen LogP contribution is 2.39. The van der Waals surface area contributed by atoms with Crippen LogP contribution in [0.2, 0.25) is 0 Å². The fourth-order valence-electron chi connectivity index (χ4n) is 2.20. The van der Waals surface area contributed by atoms with Crippen molar-refractivity contribution in [3.8, 4) is 12.3 Å². The zero-order chi connectivity index (χ0) is 12.7. The summed E-state index contributed by atoms with van der Waals surface area (Å²) in [6.45, 7) is 3.09. The molecule has 96 valence electrons. The van der Waals surface area contributed by atoms with Crippen molar-refractivity contribution in [3.63, 3.8) is 0 Å². The molecule has 0 aliphatic heterocycles. The Hall–Kier alpha value is -0.660. The van der Waals surface area contributed by atoms with Crippen LogP contribution in [0.4, 0.5) is 0 Å². The number of carbonyl (C=O) groups is 1. The van der Waals surface area contributed by atoms with Gasteiger partial charge in [-0.25, -0.2) is 0 Å². The van der Waals surface area contributed by atoms with Crippen molar-refractivity contribution in [3.05, 3.63) is 0 Å². The number of carbonyl (C=O) groups excluding carboxylic acids is 1. The Morgan fingerprint density at radius 1 is 1.53 bits per heavy atom. The predicted octanol–water partition coefficient (Wildman–Crippen LogP) is 1.39. The van der Waals surface area contributed by atoms with Crippen molar-refractivity contribution < 1.29 is 4.79 Å². The zero-order valence-corrected chi connectivity index (χ0v) is 11.5. The van der Waals surface area contributed by atoms with Crippen LogP contribution in [0.5, 0.6) is 0 Å². The molecule has 2 N–H and O–H groups in total. The first kappa shape index (κ1) is 14.4. The summed E-state index contributed by atoms with van der Waals surface area (Å²) in [6, 6.07) is -0.173. The van der Waals surface area contributed by atoms with Gasteiger partial charge in [-0.15, -0.1) is 6.42 Å². The minimum atomic E-state index is -0.173. The Morgan fingerprint density at radius 3 is 2.71 bits per heavy atom. The van der Waals surface area contributed by atoms with Crippen LogP contribution >= 0.6 is 11.8 Å². The van der Waals surface area contributed by atoms with Crippen LogP contribution < -0.4 is 10.6 Å². The van der Waals surface area contributed by atoms with E-state index in [0.717, 1.165) is 6.54 Å². The average Bonchev–Trinajstić information content (AvgIpc) is 2.82. The molecule has 1 atom stereocenters. The summed E-state index contributed by atoms with van der Waals surface area (Å²) in [5.41, 5.74) is 0. The van der Waals surface area contributed by atoms with Crippen molar-refractivity contribution in [1.29, 1.82) is 0 Å². The third kappa shape index (κ3) is 4.25. The summed E-state index contributed by atoms with van der Waals surface area (Å²) < 4.78 is 0.334. The fourth-order valence-corrected chi connectivity index (χ4v) is 3.12. The molecule has 0 aromatic carbocycles. The van der Waals surface area contributed by atoms with Gasteiger partial charge in [-0.05, 0) is 26.0 Å². The van der Waals surface area contributed by atoms with Crippen molar-refractivity contribution in [2.45, 2.75) is 43.4 Å². The molecule has 1 unspecified atom stereocenters. The number of amides is 1. The van der Waals surface area contributed by atoms with E-state index >= 15 is 0 Å². The van der Waals surface area contributed by atoms with Gasteiger partial charge in [0.1, 0.15) is 0 Å². The van der Waals surface area contributed by atoms with Crippen LogP contribution in [0.3, 0.4) is 0 Å². The molecule has 1 rings (SSSR count). The van der Waals surface area contributed by atoms with Gasteiger partial charge in [-0.2, -0.15) is 11.8 Å². The topological polar surface area (TPSA) is 41.1 Å². The largest absolute Gasteiger partial charge is 0.344 e. The van der Waals surface area contributed by atoms with Gasteiger partial charge >= 0.3 is 0 Å². The molecule has 0 radical (unpaired) electrons. The zero-order valence-electron chi connectivity index (χ0n) is 10.7. The van der Waals surface area contributed by atoms with Gasteiger partial charge in [0.05, 0.1) is 12.6 Å². The molecule has 1 aliphatic carbocycles. The summed E-state index contributed by atoms with van der Waals surface area (Å²) in [7, 11) is 0. The smallest absolute Gasteiger partial charge is 0.237 e. The number of terminal acetylenes is 1. The first-order valence-electron chi connectivity index (χ1n) is 6.13. The molecular weight excluding hydrogens is 232 g/mol. The van der Waals surface area contributed by atoms with Crippen LogP contribution in [0.25, 0.3) is 0 Å². The number of rotatable bonds is 6. The number of hydrogen-bond donors (Lipinski definition) is 2. The van der Waals surface area contributed by atoms with E-state index in [1.165, 1.54) is 25.7 Å². The summed E-state index contributed by atoms with van der Waals surface area (Å²) in [6.07, 6.45) is 12.4. The SMILES string of the molecule is C#CCNC(=O)C(C)NCC1(SC)CCCC1. The Kier molecular flexibility index (Phi) is 5.87. The average molecular weight is 254 g/mol. The second-order valence-corrected chi connectivity index (χ2v) is 5.89. The second kappa shape index (κ2) is 6.93. The highest BCUT2D eigenvalue weighted by molar-refractivity contribution is 8.00. The highest BCUT2D eigenvalue weighted by Gasteiger charge is 2.33. The summed E-state index contributed by atoms with van der Waals surface area (Å²) in [5.74, 6) is 2.39. The lowest BCUT2D eigenvalue weighted by Gasteiger charge is -2.28. The van der Waals surface area contributed by atoms with Crippen LogP contribution in [0.1, 0.15) is 32.6 Å². The molecule has 0 aromatic rings. The van der Waals surface area contributed by atoms with E-state index in [-0.39, 0.29) is 11.9 Å². The van der Waals surface area contributed by atoms with E-state index in [4.69, 9.17) is 6.42 Å². The summed E-state index contributed by atoms with van der Waals surface area (Å²) in [4.78, 5) is 11.6. The molecule has 4 heteroatoms. The van der Waals surface area contributed by atoms with E-state index < -0.39 is 0 Å². The van der Waals surface area contributed by atoms with Gasteiger partial charge < -0.3 is 10.6 Å². The van der Waals surface area contributed by atoms with Gasteiger partial charge in [0.2, 0.25) is 5.91 Å². The van der Waals surface area contributed by atoms with Gasteiger partial charge in [-0.3, -0.25) is 4.79 Å². The second-order valence-electron chi connectivity index (χ2n) is 4.62. The fraction of sp³-hybridized carbons (Fsp3) is 0.769. The summed E-state index contributed by atoms with van der Waals surface area (Å²) >= 11 is 1.92. The lowest BCUT2D eigenvalue weighted by Crippen LogP contribution is -2.47. The third-order valence-electron chi connectivity index (χ3n) is 3.44. The normalized spacial score (nSPS) is 19.6. The van der Waals surface area contributed by atoms with Gasteiger partial charge in [0.25, 0.3) is 0 Å². The Bertz CT molecular complexity index is 292. The first-order chi connectivity index (χ1) is 8.13. The molecule has 1 fully saturated rings. The lowest BCUT2D eigenvalue weighted by atomic mass is 10.1. The Labute approximate surface area is 108 Å². The maximum atomic E-state index is 11.6. The lowest BCUT2D eigenvalue weighted by molar-refractivity contribution is -0.122. The standard InChI is InChI=1S/C13H22N2OS/c1-4-9-14-12(16)11(2)15-10-13(17-3)7-5-6-8-13/h1,11,15H,5-10H2,2-3H3,(H,14,16). The van der Waals surface area contributed by atoms with E-state index in [2.05, 4.69) is 22.8 Å². The van der Waals surface area contributed by atoms with E-state index in [1.54, 1.807) is 0 Å². The van der Waals surface area contributed by atoms with Gasteiger partial charge in [0.15, 0.2) is 0 Å². The molecule has 0 heterocycles. The third-order valence-corrected chi connectivity index (χ3v) is 4.85. The van der Waals surface area contributed by atoms with E-state index in [9.17, 15) is 4.79 Å². The molecule has 1 saturated carbocycles. The van der Waals surface area contributed by atoms with E-state index in [0.29, 0.717) is 11.3 Å². The molecule has 1 amide bonds. The molecule has 3 nitrogen and oxygen atoms in total. The van der Waals surface area contributed by atoms with Crippen LogP contribution in [-0.2, 0) is 4.79 Å². The minimum Gasteiger partial charge on any atom is -0.344 e. The van der Waals surface area contributed by atoms with Crippen molar-refractivity contribution in [1.82, 2.24) is 10.6 Å². The quantitative estimate of drug-likeness (QED) is 0.704. The Balaban J connectivity index is 2.34. The Morgan fingerprint density at radius 2 is 2.18 bits per heavy atom. The molecule has 0 spiro atoms. The van der Waals surface area contributed by atoms with Crippen molar-refractivity contribution in [2.24, 2.45) is 0 Å². The monoisotopic (exact) mass is 254 g/mol. The predicted molar refractivity (Wildman–Crippen MR) is 74.0 cm³/mol. The number of nitrogens with one attached hydrogen (secondary N) is 2. The molecule has 17 heavy (non-hydrogen) atoms. The number of hydrogen-bond acceptors (Lipinski definition) is 3. The van der Waals surface area contributed by atoms with Crippen LogP contribution in [-0.4, -0.2) is 36.0 Å². The van der Waals surface area contributed by atoms with Crippen LogP contribution in [0, 0.1) is 12.3 Å². The van der Waals surface area contributed by atoms with Gasteiger partial charge in [0, 0.05) is 11.3 Å². The maximum Gasteiger partial charge on any atom is 0.237 e. The molecule has 0 saturated heterocycles. The first-order valence-corrected chi connectivity index (χ1v) is 7.36. The highest BCUT2D eigenvalue weighted by atomic mass is 32.2. The maximum absolute atomic E-state index is 11.6. The van der Waals surface area contributed by atoms with Crippen molar-refractivity contribution in [2.75, 3.05) is 19.3 Å². The summed E-state index contributed by atoms with van der Waals surface area (Å²) in [5, 5.41) is 6.02. The van der Waals surface area contributed by atoms with Crippen molar-refractivity contribution >= 4 is 17.7 Å².